The predicted octanol–water partition coefficient (Wildman–Crippen LogP) is 4.32. The Morgan fingerprint density at radius 1 is 0.889 bits per heavy atom. The number of ether oxygens (including phenoxy) is 1. The summed E-state index contributed by atoms with van der Waals surface area (Å²) >= 11 is 0. The fraction of sp³-hybridized carbons (Fsp3) is 0.222. The molecule has 0 aliphatic rings. The van der Waals surface area contributed by atoms with Crippen LogP contribution in [-0.4, -0.2) is 25.2 Å². The number of hydrogen-bond donors (Lipinski definition) is 3. The number of anilines is 3. The number of alkyl halides is 3. The average Bonchev–Trinajstić information content (AvgIpc) is 2.62. The normalized spacial score (nSPS) is 12.0. The zero-order valence-corrected chi connectivity index (χ0v) is 14.6. The van der Waals surface area contributed by atoms with Crippen molar-refractivity contribution in [3.05, 3.63) is 54.1 Å². The summed E-state index contributed by atoms with van der Waals surface area (Å²) < 4.78 is 42.1. The molecule has 2 amide bonds. The van der Waals surface area contributed by atoms with Gasteiger partial charge in [0.2, 0.25) is 5.91 Å². The highest BCUT2D eigenvalue weighted by atomic mass is 19.4. The highest BCUT2D eigenvalue weighted by Gasteiger charge is 2.30. The second-order valence-corrected chi connectivity index (χ2v) is 5.62. The van der Waals surface area contributed by atoms with Crippen molar-refractivity contribution in [1.82, 2.24) is 0 Å². The van der Waals surface area contributed by atoms with Gasteiger partial charge in [0, 0.05) is 17.1 Å². The number of hydrogen-bond acceptors (Lipinski definition) is 4. The van der Waals surface area contributed by atoms with Crippen LogP contribution in [0.25, 0.3) is 0 Å². The fourth-order valence-electron chi connectivity index (χ4n) is 2.13. The molecule has 0 aliphatic heterocycles. The molecule has 0 saturated heterocycles. The SMILES string of the molecule is COC(=O)Nc1ccc(NC(C)C(=O)Nc2ccc(C(F)(F)F)cc2)cc1. The van der Waals surface area contributed by atoms with Crippen molar-refractivity contribution in [2.75, 3.05) is 23.1 Å². The van der Waals surface area contributed by atoms with Crippen LogP contribution < -0.4 is 16.0 Å². The van der Waals surface area contributed by atoms with E-state index >= 15 is 0 Å². The molecule has 0 radical (unpaired) electrons. The number of carbonyl (C=O) groups is 2. The molecule has 1 atom stereocenters. The van der Waals surface area contributed by atoms with Crippen molar-refractivity contribution >= 4 is 29.1 Å². The van der Waals surface area contributed by atoms with Crippen molar-refractivity contribution in [2.45, 2.75) is 19.1 Å². The van der Waals surface area contributed by atoms with Crippen LogP contribution in [0.1, 0.15) is 12.5 Å². The molecule has 0 saturated carbocycles. The summed E-state index contributed by atoms with van der Waals surface area (Å²) in [5.41, 5.74) is 0.626. The van der Waals surface area contributed by atoms with Crippen molar-refractivity contribution in [1.29, 1.82) is 0 Å². The third-order valence-corrected chi connectivity index (χ3v) is 3.57. The smallest absolute Gasteiger partial charge is 0.416 e. The number of methoxy groups -OCH3 is 1. The largest absolute Gasteiger partial charge is 0.453 e. The van der Waals surface area contributed by atoms with Crippen LogP contribution in [0.2, 0.25) is 0 Å². The molecule has 1 unspecified atom stereocenters. The molecule has 2 aromatic rings. The minimum absolute atomic E-state index is 0.263. The number of benzene rings is 2. The Balaban J connectivity index is 1.92. The zero-order chi connectivity index (χ0) is 20.0. The lowest BCUT2D eigenvalue weighted by atomic mass is 10.2. The number of nitrogens with one attached hydrogen (secondary N) is 3. The summed E-state index contributed by atoms with van der Waals surface area (Å²) in [5.74, 6) is -0.411. The maximum Gasteiger partial charge on any atom is 0.416 e. The van der Waals surface area contributed by atoms with Gasteiger partial charge in [0.1, 0.15) is 6.04 Å². The van der Waals surface area contributed by atoms with Gasteiger partial charge >= 0.3 is 12.3 Å². The van der Waals surface area contributed by atoms with Crippen molar-refractivity contribution in [3.63, 3.8) is 0 Å². The van der Waals surface area contributed by atoms with E-state index in [1.807, 2.05) is 0 Å². The van der Waals surface area contributed by atoms with E-state index in [-0.39, 0.29) is 5.69 Å². The van der Waals surface area contributed by atoms with Crippen LogP contribution in [0.3, 0.4) is 0 Å². The Morgan fingerprint density at radius 3 is 1.89 bits per heavy atom. The lowest BCUT2D eigenvalue weighted by Gasteiger charge is -2.16. The maximum atomic E-state index is 12.5. The Hall–Kier alpha value is -3.23. The molecule has 0 spiro atoms. The molecule has 0 heterocycles. The summed E-state index contributed by atoms with van der Waals surface area (Å²) in [6.45, 7) is 1.61. The standard InChI is InChI=1S/C18H18F3N3O3/c1-11(22-13-7-9-15(10-8-13)24-17(26)27-2)16(25)23-14-5-3-12(4-6-14)18(19,20)21/h3-11,22H,1-2H3,(H,23,25)(H,24,26). The third-order valence-electron chi connectivity index (χ3n) is 3.57. The molecule has 3 N–H and O–H groups in total. The molecule has 0 aliphatic carbocycles. The number of halogens is 3. The molecule has 0 fully saturated rings. The third kappa shape index (κ3) is 5.91. The van der Waals surface area contributed by atoms with Crippen LogP contribution in [0.4, 0.5) is 35.0 Å². The summed E-state index contributed by atoms with van der Waals surface area (Å²) in [6.07, 6.45) is -5.02. The molecule has 144 valence electrons. The molecule has 2 aromatic carbocycles. The maximum absolute atomic E-state index is 12.5. The molecule has 6 nitrogen and oxygen atoms in total. The highest BCUT2D eigenvalue weighted by Crippen LogP contribution is 2.29. The van der Waals surface area contributed by atoms with Crippen molar-refractivity contribution in [3.8, 4) is 0 Å². The van der Waals surface area contributed by atoms with E-state index in [4.69, 9.17) is 0 Å². The Kier molecular flexibility index (Phi) is 6.27. The van der Waals surface area contributed by atoms with Gasteiger partial charge in [0.25, 0.3) is 0 Å². The molecule has 27 heavy (non-hydrogen) atoms. The van der Waals surface area contributed by atoms with E-state index in [1.165, 1.54) is 19.2 Å². The molecular formula is C18H18F3N3O3. The van der Waals surface area contributed by atoms with Gasteiger partial charge < -0.3 is 15.4 Å². The molecule has 9 heteroatoms. The van der Waals surface area contributed by atoms with Crippen LogP contribution in [0.15, 0.2) is 48.5 Å². The van der Waals surface area contributed by atoms with E-state index in [9.17, 15) is 22.8 Å². The fourth-order valence-corrected chi connectivity index (χ4v) is 2.13. The van der Waals surface area contributed by atoms with Gasteiger partial charge in [-0.1, -0.05) is 0 Å². The minimum Gasteiger partial charge on any atom is -0.453 e. The van der Waals surface area contributed by atoms with Gasteiger partial charge in [-0.05, 0) is 55.5 Å². The van der Waals surface area contributed by atoms with E-state index in [0.717, 1.165) is 12.1 Å². The topological polar surface area (TPSA) is 79.5 Å². The minimum atomic E-state index is -4.42. The first kappa shape index (κ1) is 20.1. The lowest BCUT2D eigenvalue weighted by molar-refractivity contribution is -0.137. The Bertz CT molecular complexity index is 790. The van der Waals surface area contributed by atoms with E-state index in [0.29, 0.717) is 11.4 Å². The van der Waals surface area contributed by atoms with Crippen LogP contribution in [0.5, 0.6) is 0 Å². The Morgan fingerprint density at radius 2 is 1.37 bits per heavy atom. The monoisotopic (exact) mass is 381 g/mol. The summed E-state index contributed by atoms with van der Waals surface area (Å²) in [6, 6.07) is 10.1. The van der Waals surface area contributed by atoms with Gasteiger partial charge in [-0.2, -0.15) is 13.2 Å². The Labute approximate surface area is 153 Å². The van der Waals surface area contributed by atoms with Crippen LogP contribution >= 0.6 is 0 Å². The highest BCUT2D eigenvalue weighted by molar-refractivity contribution is 5.96. The van der Waals surface area contributed by atoms with Crippen LogP contribution in [-0.2, 0) is 15.7 Å². The first-order valence-electron chi connectivity index (χ1n) is 7.89. The van der Waals surface area contributed by atoms with Crippen molar-refractivity contribution in [2.24, 2.45) is 0 Å². The van der Waals surface area contributed by atoms with Gasteiger partial charge in [-0.25, -0.2) is 4.79 Å². The number of rotatable bonds is 5. The zero-order valence-electron chi connectivity index (χ0n) is 14.6. The second-order valence-electron chi connectivity index (χ2n) is 5.62. The molecule has 2 rings (SSSR count). The van der Waals surface area contributed by atoms with Gasteiger partial charge in [0.15, 0.2) is 0 Å². The van der Waals surface area contributed by atoms with E-state index < -0.39 is 29.8 Å². The quantitative estimate of drug-likeness (QED) is 0.721. The number of amides is 2. The van der Waals surface area contributed by atoms with E-state index in [2.05, 4.69) is 20.7 Å². The summed E-state index contributed by atoms with van der Waals surface area (Å²) in [5, 5.41) is 7.99. The van der Waals surface area contributed by atoms with Gasteiger partial charge in [0.05, 0.1) is 12.7 Å². The van der Waals surface area contributed by atoms with Crippen LogP contribution in [0, 0.1) is 0 Å². The summed E-state index contributed by atoms with van der Waals surface area (Å²) in [4.78, 5) is 23.3. The van der Waals surface area contributed by atoms with E-state index in [1.54, 1.807) is 31.2 Å². The first-order valence-corrected chi connectivity index (χ1v) is 7.89. The molecular weight excluding hydrogens is 363 g/mol. The van der Waals surface area contributed by atoms with Gasteiger partial charge in [-0.3, -0.25) is 10.1 Å². The average molecular weight is 381 g/mol. The first-order chi connectivity index (χ1) is 12.7. The number of carbonyl (C=O) groups excluding carboxylic acids is 2. The molecule has 0 aromatic heterocycles. The lowest BCUT2D eigenvalue weighted by Crippen LogP contribution is -2.31. The predicted molar refractivity (Wildman–Crippen MR) is 95.6 cm³/mol. The molecule has 0 bridgehead atoms. The van der Waals surface area contributed by atoms with Crippen molar-refractivity contribution < 1.29 is 27.5 Å². The second kappa shape index (κ2) is 8.43. The van der Waals surface area contributed by atoms with Gasteiger partial charge in [-0.15, -0.1) is 0 Å². The summed E-state index contributed by atoms with van der Waals surface area (Å²) in [7, 11) is 1.25.